The number of carbonyl (C=O) groups is 2. The first-order valence-electron chi connectivity index (χ1n) is 12.8. The van der Waals surface area contributed by atoms with Gasteiger partial charge in [-0.2, -0.15) is 18.3 Å². The van der Waals surface area contributed by atoms with Crippen molar-refractivity contribution in [2.75, 3.05) is 7.11 Å². The second-order valence-corrected chi connectivity index (χ2v) is 10.4. The molecule has 0 aromatic heterocycles. The van der Waals surface area contributed by atoms with Crippen molar-refractivity contribution in [1.82, 2.24) is 5.01 Å². The molecule has 0 bridgehead atoms. The minimum atomic E-state index is -5.04. The Labute approximate surface area is 251 Å². The van der Waals surface area contributed by atoms with Crippen molar-refractivity contribution in [1.29, 1.82) is 0 Å². The standard InChI is InChI=1S/C31H21F5N2O5S/c1-42-26-21(7-3-10-24(26)43-16-17-5-2-6-19(15-17)30(40)41)29-38(37-27(44-29)18-11-13-20(32)14-12-18)28(39)25-22(31(34,35)36)8-4-9-23(25)33/h2-15,29H,16H2,1H3,(H,40,41). The summed E-state index contributed by atoms with van der Waals surface area (Å²) in [6.07, 6.45) is -5.04. The number of carbonyl (C=O) groups excluding carboxylic acids is 1. The molecule has 0 radical (unpaired) electrons. The average molecular weight is 629 g/mol. The van der Waals surface area contributed by atoms with Crippen LogP contribution in [0.3, 0.4) is 0 Å². The van der Waals surface area contributed by atoms with E-state index in [1.807, 2.05) is 0 Å². The number of amides is 1. The Kier molecular flexibility index (Phi) is 8.59. The summed E-state index contributed by atoms with van der Waals surface area (Å²) >= 11 is 0.959. The van der Waals surface area contributed by atoms with Gasteiger partial charge in [-0.1, -0.05) is 42.1 Å². The quantitative estimate of drug-likeness (QED) is 0.203. The number of para-hydroxylation sites is 1. The van der Waals surface area contributed by atoms with Crippen LogP contribution < -0.4 is 9.47 Å². The second-order valence-electron chi connectivity index (χ2n) is 9.36. The van der Waals surface area contributed by atoms with Gasteiger partial charge in [-0.15, -0.1) is 0 Å². The number of alkyl halides is 3. The van der Waals surface area contributed by atoms with Crippen LogP contribution in [0.4, 0.5) is 22.0 Å². The smallest absolute Gasteiger partial charge is 0.417 e. The van der Waals surface area contributed by atoms with Crippen LogP contribution in [-0.2, 0) is 12.8 Å². The first-order chi connectivity index (χ1) is 21.0. The maximum absolute atomic E-state index is 14.9. The Morgan fingerprint density at radius 1 is 0.977 bits per heavy atom. The van der Waals surface area contributed by atoms with Crippen LogP contribution in [-0.4, -0.2) is 34.1 Å². The van der Waals surface area contributed by atoms with E-state index in [-0.39, 0.29) is 34.3 Å². The van der Waals surface area contributed by atoms with Crippen LogP contribution in [0, 0.1) is 11.6 Å². The number of nitrogens with zero attached hydrogens (tertiary/aromatic N) is 2. The van der Waals surface area contributed by atoms with Crippen molar-refractivity contribution < 1.29 is 46.1 Å². The third-order valence-electron chi connectivity index (χ3n) is 6.52. The van der Waals surface area contributed by atoms with Gasteiger partial charge in [0.25, 0.3) is 5.91 Å². The summed E-state index contributed by atoms with van der Waals surface area (Å²) in [7, 11) is 1.32. The van der Waals surface area contributed by atoms with E-state index in [1.54, 1.807) is 30.3 Å². The largest absolute Gasteiger partial charge is 0.492 e. The van der Waals surface area contributed by atoms with E-state index in [4.69, 9.17) is 9.47 Å². The van der Waals surface area contributed by atoms with E-state index in [1.165, 1.54) is 31.4 Å². The number of benzene rings is 4. The fourth-order valence-electron chi connectivity index (χ4n) is 4.50. The number of hydrogen-bond donors (Lipinski definition) is 1. The molecule has 226 valence electrons. The number of thioether (sulfide) groups is 1. The molecule has 1 aliphatic heterocycles. The molecule has 0 aliphatic carbocycles. The number of rotatable bonds is 8. The third-order valence-corrected chi connectivity index (χ3v) is 7.74. The molecule has 5 rings (SSSR count). The zero-order valence-corrected chi connectivity index (χ0v) is 23.5. The molecule has 1 atom stereocenters. The van der Waals surface area contributed by atoms with E-state index in [2.05, 4.69) is 5.10 Å². The highest BCUT2D eigenvalue weighted by molar-refractivity contribution is 8.14. The lowest BCUT2D eigenvalue weighted by Crippen LogP contribution is -2.29. The molecule has 1 unspecified atom stereocenters. The molecule has 1 aliphatic rings. The van der Waals surface area contributed by atoms with E-state index in [0.717, 1.165) is 41.0 Å². The Morgan fingerprint density at radius 3 is 2.36 bits per heavy atom. The average Bonchev–Trinajstić information content (AvgIpc) is 3.44. The van der Waals surface area contributed by atoms with Crippen molar-refractivity contribution in [2.45, 2.75) is 18.2 Å². The number of hydrazone groups is 1. The zero-order valence-electron chi connectivity index (χ0n) is 22.6. The van der Waals surface area contributed by atoms with E-state index in [9.17, 15) is 36.6 Å². The number of hydrogen-bond acceptors (Lipinski definition) is 6. The maximum Gasteiger partial charge on any atom is 0.417 e. The minimum Gasteiger partial charge on any atom is -0.492 e. The van der Waals surface area contributed by atoms with Gasteiger partial charge >= 0.3 is 12.1 Å². The summed E-state index contributed by atoms with van der Waals surface area (Å²) in [4.78, 5) is 25.1. The molecule has 4 aromatic rings. The Bertz CT molecular complexity index is 1760. The van der Waals surface area contributed by atoms with Crippen LogP contribution in [0.5, 0.6) is 11.5 Å². The van der Waals surface area contributed by atoms with Gasteiger partial charge in [-0.25, -0.2) is 18.6 Å². The van der Waals surface area contributed by atoms with Crippen LogP contribution >= 0.6 is 11.8 Å². The van der Waals surface area contributed by atoms with Gasteiger partial charge < -0.3 is 14.6 Å². The predicted octanol–water partition coefficient (Wildman–Crippen LogP) is 7.52. The lowest BCUT2D eigenvalue weighted by atomic mass is 10.0. The number of halogens is 5. The van der Waals surface area contributed by atoms with Crippen LogP contribution in [0.25, 0.3) is 0 Å². The van der Waals surface area contributed by atoms with Crippen LogP contribution in [0.1, 0.15) is 48.3 Å². The molecule has 0 saturated carbocycles. The summed E-state index contributed by atoms with van der Waals surface area (Å²) in [5.74, 6) is -4.11. The topological polar surface area (TPSA) is 88.4 Å². The summed E-state index contributed by atoms with van der Waals surface area (Å²) in [5.41, 5.74) is -1.46. The van der Waals surface area contributed by atoms with E-state index >= 15 is 0 Å². The molecule has 0 spiro atoms. The van der Waals surface area contributed by atoms with Gasteiger partial charge in [0.2, 0.25) is 0 Å². The molecule has 44 heavy (non-hydrogen) atoms. The van der Waals surface area contributed by atoms with Crippen LogP contribution in [0.15, 0.2) is 90.0 Å². The molecule has 7 nitrogen and oxygen atoms in total. The number of carboxylic acids is 1. The van der Waals surface area contributed by atoms with Gasteiger partial charge in [0.15, 0.2) is 11.5 Å². The first-order valence-corrected chi connectivity index (χ1v) is 13.7. The molecule has 1 heterocycles. The molecule has 13 heteroatoms. The van der Waals surface area contributed by atoms with Gasteiger partial charge in [0.05, 0.1) is 23.8 Å². The van der Waals surface area contributed by atoms with Crippen molar-refractivity contribution in [2.24, 2.45) is 5.10 Å². The third kappa shape index (κ3) is 6.23. The Morgan fingerprint density at radius 2 is 1.68 bits per heavy atom. The highest BCUT2D eigenvalue weighted by atomic mass is 32.2. The maximum atomic E-state index is 14.9. The fourth-order valence-corrected chi connectivity index (χ4v) is 5.68. The van der Waals surface area contributed by atoms with Crippen molar-refractivity contribution in [3.63, 3.8) is 0 Å². The summed E-state index contributed by atoms with van der Waals surface area (Å²) in [6.45, 7) is -0.0666. The monoisotopic (exact) mass is 628 g/mol. The normalized spacial score (nSPS) is 14.7. The minimum absolute atomic E-state index is 0.0557. The number of ether oxygens (including phenoxy) is 2. The fraction of sp³-hybridized carbons (Fsp3) is 0.129. The molecule has 1 N–H and O–H groups in total. The SMILES string of the molecule is COc1c(OCc2cccc(C(=O)O)c2)cccc1C1SC(c2ccc(F)cc2)=NN1C(=O)c1c(F)cccc1C(F)(F)F. The predicted molar refractivity (Wildman–Crippen MR) is 152 cm³/mol. The van der Waals surface area contributed by atoms with Gasteiger partial charge in [-0.05, 0) is 60.2 Å². The molecule has 1 amide bonds. The highest BCUT2D eigenvalue weighted by Gasteiger charge is 2.42. The van der Waals surface area contributed by atoms with Gasteiger partial charge in [-0.3, -0.25) is 4.79 Å². The Hall–Kier alpha value is -4.91. The molecular formula is C31H21F5N2O5S. The summed E-state index contributed by atoms with van der Waals surface area (Å²) in [5, 5.41) is 13.3. The van der Waals surface area contributed by atoms with Gasteiger partial charge in [0.1, 0.15) is 28.7 Å². The molecule has 0 saturated heterocycles. The molecule has 0 fully saturated rings. The number of carboxylic acid groups (broad SMARTS) is 1. The highest BCUT2D eigenvalue weighted by Crippen LogP contribution is 2.48. The van der Waals surface area contributed by atoms with Crippen molar-refractivity contribution >= 4 is 28.7 Å². The van der Waals surface area contributed by atoms with Crippen molar-refractivity contribution in [3.8, 4) is 11.5 Å². The van der Waals surface area contributed by atoms with Crippen LogP contribution in [0.2, 0.25) is 0 Å². The molecule has 4 aromatic carbocycles. The zero-order chi connectivity index (χ0) is 31.6. The number of methoxy groups -OCH3 is 1. The lowest BCUT2D eigenvalue weighted by Gasteiger charge is -2.25. The Balaban J connectivity index is 1.56. The lowest BCUT2D eigenvalue weighted by molar-refractivity contribution is -0.138. The van der Waals surface area contributed by atoms with E-state index in [0.29, 0.717) is 17.2 Å². The van der Waals surface area contributed by atoms with Gasteiger partial charge in [0, 0.05) is 11.1 Å². The number of aromatic carboxylic acids is 1. The van der Waals surface area contributed by atoms with E-state index < -0.39 is 46.2 Å². The second kappa shape index (κ2) is 12.4. The first kappa shape index (κ1) is 30.5. The molecular weight excluding hydrogens is 607 g/mol. The summed E-state index contributed by atoms with van der Waals surface area (Å²) in [6, 6.07) is 18.0. The summed E-state index contributed by atoms with van der Waals surface area (Å²) < 4.78 is 81.6. The van der Waals surface area contributed by atoms with Crippen molar-refractivity contribution in [3.05, 3.63) is 130 Å².